The first kappa shape index (κ1) is 14.6. The third-order valence-corrected chi connectivity index (χ3v) is 4.25. The zero-order valence-corrected chi connectivity index (χ0v) is 12.4. The van der Waals surface area contributed by atoms with Crippen LogP contribution in [0, 0.1) is 5.82 Å². The number of nitrogens with one attached hydrogen (secondary N) is 1. The number of carbonyl (C=O) groups excluding carboxylic acids is 1. The summed E-state index contributed by atoms with van der Waals surface area (Å²) in [7, 11) is 1.64. The molecule has 1 saturated carbocycles. The van der Waals surface area contributed by atoms with Gasteiger partial charge in [-0.15, -0.1) is 0 Å². The molecule has 1 N–H and O–H groups in total. The highest BCUT2D eigenvalue weighted by atomic mass is 19.1. The molecule has 114 valence electrons. The van der Waals surface area contributed by atoms with Crippen LogP contribution in [0.3, 0.4) is 0 Å². The van der Waals surface area contributed by atoms with Crippen molar-refractivity contribution in [2.24, 2.45) is 0 Å². The Morgan fingerprint density at radius 2 is 1.77 bits per heavy atom. The van der Waals surface area contributed by atoms with Crippen molar-refractivity contribution in [2.75, 3.05) is 13.7 Å². The molecule has 3 rings (SSSR count). The predicted molar refractivity (Wildman–Crippen MR) is 82.6 cm³/mol. The quantitative estimate of drug-likeness (QED) is 0.920. The average molecular weight is 299 g/mol. The molecule has 22 heavy (non-hydrogen) atoms. The lowest BCUT2D eigenvalue weighted by Gasteiger charge is -2.17. The van der Waals surface area contributed by atoms with Gasteiger partial charge in [0, 0.05) is 17.5 Å². The molecule has 0 spiro atoms. The third kappa shape index (κ3) is 2.96. The van der Waals surface area contributed by atoms with Crippen LogP contribution < -0.4 is 10.1 Å². The summed E-state index contributed by atoms with van der Waals surface area (Å²) >= 11 is 0. The Morgan fingerprint density at radius 1 is 1.14 bits per heavy atom. The van der Waals surface area contributed by atoms with Crippen molar-refractivity contribution >= 4 is 5.91 Å². The Balaban J connectivity index is 1.65. The van der Waals surface area contributed by atoms with Crippen LogP contribution in [0.15, 0.2) is 48.5 Å². The monoisotopic (exact) mass is 299 g/mol. The molecule has 1 aliphatic carbocycles. The fraction of sp³-hybridized carbons (Fsp3) is 0.278. The molecule has 0 unspecified atom stereocenters. The van der Waals surface area contributed by atoms with Crippen molar-refractivity contribution < 1.29 is 13.9 Å². The fourth-order valence-corrected chi connectivity index (χ4v) is 2.62. The largest absolute Gasteiger partial charge is 0.497 e. The Kier molecular flexibility index (Phi) is 3.84. The summed E-state index contributed by atoms with van der Waals surface area (Å²) in [6.45, 7) is 0.593. The van der Waals surface area contributed by atoms with Gasteiger partial charge >= 0.3 is 0 Å². The normalized spacial score (nSPS) is 15.2. The number of methoxy groups -OCH3 is 1. The van der Waals surface area contributed by atoms with E-state index in [1.54, 1.807) is 7.11 Å². The van der Waals surface area contributed by atoms with E-state index >= 15 is 0 Å². The lowest BCUT2D eigenvalue weighted by molar-refractivity contribution is 0.0949. The van der Waals surface area contributed by atoms with Crippen LogP contribution in [-0.4, -0.2) is 19.6 Å². The minimum atomic E-state index is -0.339. The highest BCUT2D eigenvalue weighted by Gasteiger charge is 2.44. The van der Waals surface area contributed by atoms with E-state index in [4.69, 9.17) is 4.74 Å². The number of benzene rings is 2. The van der Waals surface area contributed by atoms with Crippen molar-refractivity contribution in [3.05, 3.63) is 65.5 Å². The number of rotatable bonds is 5. The molecule has 1 aliphatic rings. The van der Waals surface area contributed by atoms with Crippen LogP contribution in [-0.2, 0) is 5.41 Å². The van der Waals surface area contributed by atoms with Crippen molar-refractivity contribution in [1.29, 1.82) is 0 Å². The van der Waals surface area contributed by atoms with Gasteiger partial charge in [0.1, 0.15) is 11.6 Å². The summed E-state index contributed by atoms with van der Waals surface area (Å²) in [6, 6.07) is 13.6. The minimum absolute atomic E-state index is 0.0297. The van der Waals surface area contributed by atoms with Crippen molar-refractivity contribution in [3.63, 3.8) is 0 Å². The molecule has 0 radical (unpaired) electrons. The zero-order chi connectivity index (χ0) is 15.6. The SMILES string of the molecule is COc1ccc(C2(CNC(=O)c3ccc(F)cc3)CC2)cc1. The molecular weight excluding hydrogens is 281 g/mol. The van der Waals surface area contributed by atoms with E-state index in [-0.39, 0.29) is 17.1 Å². The lowest BCUT2D eigenvalue weighted by Crippen LogP contribution is -2.32. The molecule has 2 aromatic rings. The van der Waals surface area contributed by atoms with Crippen LogP contribution in [0.5, 0.6) is 5.75 Å². The molecule has 0 bridgehead atoms. The maximum absolute atomic E-state index is 12.9. The first-order valence-electron chi connectivity index (χ1n) is 7.31. The number of amides is 1. The number of halogens is 1. The first-order chi connectivity index (χ1) is 10.6. The highest BCUT2D eigenvalue weighted by Crippen LogP contribution is 2.47. The standard InChI is InChI=1S/C18H18FNO2/c1-22-16-8-4-14(5-9-16)18(10-11-18)12-20-17(21)13-2-6-15(19)7-3-13/h2-9H,10-12H2,1H3,(H,20,21). The van der Waals surface area contributed by atoms with E-state index in [1.807, 2.05) is 12.1 Å². The maximum atomic E-state index is 12.9. The van der Waals surface area contributed by atoms with Gasteiger partial charge in [-0.1, -0.05) is 12.1 Å². The van der Waals surface area contributed by atoms with Crippen LogP contribution in [0.1, 0.15) is 28.8 Å². The van der Waals surface area contributed by atoms with E-state index in [1.165, 1.54) is 29.8 Å². The molecule has 0 atom stereocenters. The van der Waals surface area contributed by atoms with Crippen LogP contribution in [0.4, 0.5) is 4.39 Å². The number of ether oxygens (including phenoxy) is 1. The van der Waals surface area contributed by atoms with Crippen LogP contribution >= 0.6 is 0 Å². The van der Waals surface area contributed by atoms with E-state index in [0.717, 1.165) is 18.6 Å². The lowest BCUT2D eigenvalue weighted by atomic mass is 9.95. The van der Waals surface area contributed by atoms with Gasteiger partial charge in [0.05, 0.1) is 7.11 Å². The molecule has 0 saturated heterocycles. The van der Waals surface area contributed by atoms with E-state index < -0.39 is 0 Å². The predicted octanol–water partition coefficient (Wildman–Crippen LogP) is 3.30. The van der Waals surface area contributed by atoms with Crippen LogP contribution in [0.2, 0.25) is 0 Å². The van der Waals surface area contributed by atoms with Gasteiger partial charge in [-0.3, -0.25) is 4.79 Å². The molecule has 0 aliphatic heterocycles. The Labute approximate surface area is 129 Å². The summed E-state index contributed by atoms with van der Waals surface area (Å²) in [4.78, 5) is 12.1. The Hall–Kier alpha value is -2.36. The number of hydrogen-bond donors (Lipinski definition) is 1. The topological polar surface area (TPSA) is 38.3 Å². The molecule has 1 fully saturated rings. The summed E-state index contributed by atoms with van der Waals surface area (Å²) < 4.78 is 18.0. The molecule has 3 nitrogen and oxygen atoms in total. The van der Waals surface area contributed by atoms with E-state index in [9.17, 15) is 9.18 Å². The summed E-state index contributed by atoms with van der Waals surface area (Å²) in [6.07, 6.45) is 2.12. The molecule has 4 heteroatoms. The number of carbonyl (C=O) groups is 1. The van der Waals surface area contributed by atoms with Gasteiger partial charge in [-0.25, -0.2) is 4.39 Å². The van der Waals surface area contributed by atoms with Gasteiger partial charge in [0.15, 0.2) is 0 Å². The highest BCUT2D eigenvalue weighted by molar-refractivity contribution is 5.94. The number of hydrogen-bond acceptors (Lipinski definition) is 2. The second-order valence-electron chi connectivity index (χ2n) is 5.70. The third-order valence-electron chi connectivity index (χ3n) is 4.25. The van der Waals surface area contributed by atoms with Crippen LogP contribution in [0.25, 0.3) is 0 Å². The summed E-state index contributed by atoms with van der Waals surface area (Å²) in [5, 5.41) is 2.96. The van der Waals surface area contributed by atoms with E-state index in [2.05, 4.69) is 17.4 Å². The van der Waals surface area contributed by atoms with Crippen molar-refractivity contribution in [1.82, 2.24) is 5.32 Å². The summed E-state index contributed by atoms with van der Waals surface area (Å²) in [5.74, 6) is 0.322. The van der Waals surface area contributed by atoms with Crippen molar-refractivity contribution in [3.8, 4) is 5.75 Å². The molecular formula is C18H18FNO2. The average Bonchev–Trinajstić information content (AvgIpc) is 3.34. The van der Waals surface area contributed by atoms with Gasteiger partial charge in [0.2, 0.25) is 0 Å². The first-order valence-corrected chi connectivity index (χ1v) is 7.31. The Morgan fingerprint density at radius 3 is 2.32 bits per heavy atom. The zero-order valence-electron chi connectivity index (χ0n) is 12.4. The fourth-order valence-electron chi connectivity index (χ4n) is 2.62. The smallest absolute Gasteiger partial charge is 0.251 e. The van der Waals surface area contributed by atoms with Gasteiger partial charge in [-0.05, 0) is 54.8 Å². The molecule has 2 aromatic carbocycles. The second kappa shape index (κ2) is 5.79. The summed E-state index contributed by atoms with van der Waals surface area (Å²) in [5.41, 5.74) is 1.72. The second-order valence-corrected chi connectivity index (χ2v) is 5.70. The van der Waals surface area contributed by atoms with E-state index in [0.29, 0.717) is 12.1 Å². The van der Waals surface area contributed by atoms with Crippen molar-refractivity contribution in [2.45, 2.75) is 18.3 Å². The molecule has 0 aromatic heterocycles. The maximum Gasteiger partial charge on any atom is 0.251 e. The minimum Gasteiger partial charge on any atom is -0.497 e. The van der Waals surface area contributed by atoms with Gasteiger partial charge in [-0.2, -0.15) is 0 Å². The molecule has 0 heterocycles. The van der Waals surface area contributed by atoms with Gasteiger partial charge < -0.3 is 10.1 Å². The molecule has 1 amide bonds. The van der Waals surface area contributed by atoms with Gasteiger partial charge in [0.25, 0.3) is 5.91 Å². The Bertz CT molecular complexity index is 660.